The van der Waals surface area contributed by atoms with Crippen LogP contribution in [0.4, 0.5) is 68.2 Å². The number of fused-ring (bicyclic) bond motifs is 30. The average Bonchev–Trinajstić information content (AvgIpc) is 4.40. The summed E-state index contributed by atoms with van der Waals surface area (Å²) >= 11 is 0. The fourth-order valence-corrected chi connectivity index (χ4v) is 16.8. The second kappa shape index (κ2) is 14.0. The molecule has 0 amide bonds. The van der Waals surface area contributed by atoms with Gasteiger partial charge in [-0.1, -0.05) is 0 Å². The van der Waals surface area contributed by atoms with Crippen LogP contribution in [-0.4, -0.2) is 81.1 Å². The van der Waals surface area contributed by atoms with Crippen LogP contribution in [-0.2, 0) is 38.5 Å². The van der Waals surface area contributed by atoms with E-state index in [1.807, 2.05) is 98.9 Å². The summed E-state index contributed by atoms with van der Waals surface area (Å²) in [5.74, 6) is 1.54. The fourth-order valence-electron chi connectivity index (χ4n) is 16.8. The molecule has 360 valence electrons. The number of aromatic nitrogens is 9. The van der Waals surface area contributed by atoms with Crippen molar-refractivity contribution in [2.24, 2.45) is 0 Å². The summed E-state index contributed by atoms with van der Waals surface area (Å²) in [4.78, 5) is 55.5. The molecule has 21 heterocycles. The summed E-state index contributed by atoms with van der Waals surface area (Å²) in [7, 11) is 0. The molecule has 0 N–H and O–H groups in total. The summed E-state index contributed by atoms with van der Waals surface area (Å²) in [6.45, 7) is 0. The molecule has 0 aliphatic carbocycles. The SMILES string of the molecule is c1cc2c(cn1)CC1C3c4c(cncc4N4c5ccncc5CC34)N21.c1cc2c(cn1)N1c3cncc4c3C(C1C2)C1Cc2ccncc2N41.c1cnc2c(c1)N1c3cncc4c3C(C1C2)C1Cc2ncccc2N41. The van der Waals surface area contributed by atoms with E-state index in [9.17, 15) is 0 Å². The average molecular weight is 976 g/mol. The van der Waals surface area contributed by atoms with Crippen LogP contribution < -0.4 is 29.4 Å². The van der Waals surface area contributed by atoms with Gasteiger partial charge in [0, 0.05) is 144 Å². The van der Waals surface area contributed by atoms with Crippen molar-refractivity contribution < 1.29 is 0 Å². The third kappa shape index (κ3) is 4.86. The van der Waals surface area contributed by atoms with Crippen LogP contribution in [0.3, 0.4) is 0 Å². The smallest absolute Gasteiger partial charge is 0.0661 e. The third-order valence-corrected chi connectivity index (χ3v) is 19.2. The molecule has 0 saturated carbocycles. The molecule has 0 radical (unpaired) electrons. The van der Waals surface area contributed by atoms with Crippen LogP contribution in [0, 0.1) is 0 Å². The Kier molecular flexibility index (Phi) is 7.43. The Morgan fingerprint density at radius 3 is 1.00 bits per heavy atom. The van der Waals surface area contributed by atoms with Crippen LogP contribution >= 0.6 is 0 Å². The Morgan fingerprint density at radius 2 is 0.587 bits per heavy atom. The van der Waals surface area contributed by atoms with E-state index in [-0.39, 0.29) is 0 Å². The summed E-state index contributed by atoms with van der Waals surface area (Å²) in [5, 5.41) is 0. The van der Waals surface area contributed by atoms with E-state index < -0.39 is 0 Å². The van der Waals surface area contributed by atoms with Gasteiger partial charge in [0.2, 0.25) is 0 Å². The zero-order chi connectivity index (χ0) is 48.4. The largest absolute Gasteiger partial charge is 0.335 e. The molecule has 21 rings (SSSR count). The van der Waals surface area contributed by atoms with Gasteiger partial charge in [0.05, 0.1) is 118 Å². The van der Waals surface area contributed by atoms with Gasteiger partial charge < -0.3 is 29.4 Å². The molecule has 12 aliphatic rings. The molecule has 0 bridgehead atoms. The molecule has 6 atom stereocenters. The Labute approximate surface area is 431 Å². The van der Waals surface area contributed by atoms with Crippen LogP contribution in [0.15, 0.2) is 148 Å². The summed E-state index contributed by atoms with van der Waals surface area (Å²) in [5.41, 5.74) is 27.8. The normalized spacial score (nSPS) is 26.3. The first-order valence-electron chi connectivity index (χ1n) is 26.5. The summed E-state index contributed by atoms with van der Waals surface area (Å²) in [6.07, 6.45) is 38.2. The van der Waals surface area contributed by atoms with E-state index in [2.05, 4.69) is 123 Å². The van der Waals surface area contributed by atoms with Crippen LogP contribution in [0.5, 0.6) is 0 Å². The van der Waals surface area contributed by atoms with Gasteiger partial charge in [-0.2, -0.15) is 0 Å². The molecule has 9 aromatic heterocycles. The molecule has 0 spiro atoms. The minimum absolute atomic E-state index is 0.451. The molecule has 0 saturated heterocycles. The second-order valence-electron chi connectivity index (χ2n) is 22.2. The van der Waals surface area contributed by atoms with Crippen molar-refractivity contribution in [2.45, 2.75) is 92.5 Å². The molecule has 0 fully saturated rings. The van der Waals surface area contributed by atoms with Gasteiger partial charge in [-0.25, -0.2) is 0 Å². The third-order valence-electron chi connectivity index (χ3n) is 19.2. The number of rotatable bonds is 0. The van der Waals surface area contributed by atoms with Crippen molar-refractivity contribution in [1.82, 2.24) is 44.9 Å². The molecular formula is C60H45N15. The first-order valence-corrected chi connectivity index (χ1v) is 26.5. The van der Waals surface area contributed by atoms with Crippen molar-refractivity contribution in [3.63, 3.8) is 0 Å². The highest BCUT2D eigenvalue weighted by molar-refractivity contribution is 5.92. The van der Waals surface area contributed by atoms with Gasteiger partial charge in [-0.3, -0.25) is 44.9 Å². The van der Waals surface area contributed by atoms with E-state index in [1.165, 1.54) is 119 Å². The lowest BCUT2D eigenvalue weighted by atomic mass is 9.87. The monoisotopic (exact) mass is 975 g/mol. The van der Waals surface area contributed by atoms with Crippen LogP contribution in [0.1, 0.15) is 68.1 Å². The van der Waals surface area contributed by atoms with E-state index >= 15 is 0 Å². The molecule has 15 nitrogen and oxygen atoms in total. The molecule has 12 aliphatic heterocycles. The molecule has 6 unspecified atom stereocenters. The van der Waals surface area contributed by atoms with Gasteiger partial charge in [0.25, 0.3) is 0 Å². The Hall–Kier alpha value is -8.85. The van der Waals surface area contributed by atoms with Crippen molar-refractivity contribution in [3.05, 3.63) is 198 Å². The van der Waals surface area contributed by atoms with E-state index in [1.54, 1.807) is 0 Å². The number of anilines is 12. The van der Waals surface area contributed by atoms with Crippen molar-refractivity contribution >= 4 is 68.2 Å². The molecule has 0 aromatic carbocycles. The number of pyridine rings is 9. The quantitative estimate of drug-likeness (QED) is 0.143. The fraction of sp³-hybridized carbons (Fsp3) is 0.250. The van der Waals surface area contributed by atoms with Gasteiger partial charge in [-0.15, -0.1) is 0 Å². The predicted molar refractivity (Wildman–Crippen MR) is 284 cm³/mol. The lowest BCUT2D eigenvalue weighted by Crippen LogP contribution is -2.37. The first kappa shape index (κ1) is 39.7. The zero-order valence-electron chi connectivity index (χ0n) is 40.5. The Balaban J connectivity index is 0.0000000865. The van der Waals surface area contributed by atoms with Crippen LogP contribution in [0.2, 0.25) is 0 Å². The minimum Gasteiger partial charge on any atom is -0.335 e. The predicted octanol–water partition coefficient (Wildman–Crippen LogP) is 9.32. The molecule has 75 heavy (non-hydrogen) atoms. The van der Waals surface area contributed by atoms with Crippen molar-refractivity contribution in [3.8, 4) is 0 Å². The lowest BCUT2D eigenvalue weighted by molar-refractivity contribution is 0.500. The van der Waals surface area contributed by atoms with Crippen molar-refractivity contribution in [2.75, 3.05) is 29.4 Å². The maximum Gasteiger partial charge on any atom is 0.0661 e. The molecular weight excluding hydrogens is 931 g/mol. The summed E-state index contributed by atoms with van der Waals surface area (Å²) < 4.78 is 0. The minimum atomic E-state index is 0.451. The van der Waals surface area contributed by atoms with E-state index in [0.29, 0.717) is 54.0 Å². The van der Waals surface area contributed by atoms with Crippen LogP contribution in [0.25, 0.3) is 0 Å². The van der Waals surface area contributed by atoms with Gasteiger partial charge >= 0.3 is 0 Å². The highest BCUT2D eigenvalue weighted by atomic mass is 15.3. The topological polar surface area (TPSA) is 135 Å². The van der Waals surface area contributed by atoms with Crippen molar-refractivity contribution in [1.29, 1.82) is 0 Å². The van der Waals surface area contributed by atoms with E-state index in [4.69, 9.17) is 0 Å². The summed E-state index contributed by atoms with van der Waals surface area (Å²) in [6, 6.07) is 20.0. The standard InChI is InChI=1S/3C20H15N5/c1-3-21-7-11-5-15-19-16-6-12-8-22-4-2-14(12)25(16)18-10-23-9-17(20(18)19)24(15)13(1)11;1-3-21-7-15-11(1)5-13-19-14-6-12-2-4-22-8-16(12)25(14)18-10-23-9-17(20(18)19)24(13)15;1-3-13-11(22-5-1)7-15-19-16-8-12-14(4-2-6-23-12)25(16)18-10-21-9-17(20(18)19)24(13)15/h1-4,7-10,15-16,19H,5-6H2;1-4,7-10,13-14,19H,5-6H2;1-6,9-10,15-16,19H,7-8H2. The Bertz CT molecular complexity index is 3350. The van der Waals surface area contributed by atoms with E-state index in [0.717, 1.165) is 38.5 Å². The highest BCUT2D eigenvalue weighted by Gasteiger charge is 2.59. The van der Waals surface area contributed by atoms with Gasteiger partial charge in [0.1, 0.15) is 0 Å². The zero-order valence-corrected chi connectivity index (χ0v) is 40.5. The lowest BCUT2D eigenvalue weighted by Gasteiger charge is -2.30. The Morgan fingerprint density at radius 1 is 0.267 bits per heavy atom. The molecule has 9 aromatic rings. The maximum absolute atomic E-state index is 4.64. The molecule has 15 heteroatoms. The number of hydrogen-bond acceptors (Lipinski definition) is 15. The number of nitrogens with zero attached hydrogens (tertiary/aromatic N) is 15. The van der Waals surface area contributed by atoms with Gasteiger partial charge in [-0.05, 0) is 96.5 Å². The number of hydrogen-bond donors (Lipinski definition) is 0. The first-order chi connectivity index (χ1) is 37.2. The maximum atomic E-state index is 4.64. The second-order valence-corrected chi connectivity index (χ2v) is 22.2. The van der Waals surface area contributed by atoms with Gasteiger partial charge in [0.15, 0.2) is 0 Å². The highest BCUT2D eigenvalue weighted by Crippen LogP contribution is 2.66.